The number of rotatable bonds is 6. The Labute approximate surface area is 111 Å². The molecule has 0 aliphatic heterocycles. The van der Waals surface area contributed by atoms with E-state index in [2.05, 4.69) is 28.2 Å². The summed E-state index contributed by atoms with van der Waals surface area (Å²) in [5.41, 5.74) is 0.831. The van der Waals surface area contributed by atoms with Crippen LogP contribution in [-0.2, 0) is 6.42 Å². The molecule has 3 heteroatoms. The average molecular weight is 300 g/mol. The fourth-order valence-corrected chi connectivity index (χ4v) is 2.31. The zero-order valence-corrected chi connectivity index (χ0v) is 11.8. The molecule has 0 heterocycles. The summed E-state index contributed by atoms with van der Waals surface area (Å²) in [7, 11) is 0. The Morgan fingerprint density at radius 3 is 2.82 bits per heavy atom. The highest BCUT2D eigenvalue weighted by Crippen LogP contribution is 2.22. The summed E-state index contributed by atoms with van der Waals surface area (Å²) in [4.78, 5) is 0. The van der Waals surface area contributed by atoms with Gasteiger partial charge in [0.15, 0.2) is 0 Å². The van der Waals surface area contributed by atoms with Crippen LogP contribution in [0, 0.1) is 11.7 Å². The van der Waals surface area contributed by atoms with E-state index in [1.165, 1.54) is 12.8 Å². The highest BCUT2D eigenvalue weighted by Gasteiger charge is 2.21. The fourth-order valence-electron chi connectivity index (χ4n) is 1.98. The second-order valence-corrected chi connectivity index (χ2v) is 5.81. The van der Waals surface area contributed by atoms with Crippen LogP contribution >= 0.6 is 15.9 Å². The molecule has 0 saturated heterocycles. The molecular formula is C14H19BrFN. The minimum Gasteiger partial charge on any atom is -0.314 e. The molecule has 1 aromatic carbocycles. The number of halogens is 2. The maximum atomic E-state index is 13.7. The van der Waals surface area contributed by atoms with Gasteiger partial charge in [0.1, 0.15) is 5.82 Å². The minimum atomic E-state index is -0.0933. The van der Waals surface area contributed by atoms with Crippen LogP contribution in [0.3, 0.4) is 0 Å². The molecule has 17 heavy (non-hydrogen) atoms. The van der Waals surface area contributed by atoms with E-state index in [-0.39, 0.29) is 5.82 Å². The van der Waals surface area contributed by atoms with Crippen LogP contribution in [0.2, 0.25) is 0 Å². The van der Waals surface area contributed by atoms with Crippen LogP contribution in [0.15, 0.2) is 22.7 Å². The molecule has 0 spiro atoms. The molecule has 1 aliphatic carbocycles. The van der Waals surface area contributed by atoms with Gasteiger partial charge in [0.25, 0.3) is 0 Å². The van der Waals surface area contributed by atoms with Gasteiger partial charge in [0, 0.05) is 10.5 Å². The highest BCUT2D eigenvalue weighted by atomic mass is 79.9. The third kappa shape index (κ3) is 4.07. The van der Waals surface area contributed by atoms with Crippen molar-refractivity contribution in [3.05, 3.63) is 34.1 Å². The van der Waals surface area contributed by atoms with Crippen molar-refractivity contribution < 1.29 is 4.39 Å². The van der Waals surface area contributed by atoms with Crippen molar-refractivity contribution in [3.63, 3.8) is 0 Å². The van der Waals surface area contributed by atoms with Gasteiger partial charge in [-0.1, -0.05) is 35.3 Å². The first-order valence-electron chi connectivity index (χ1n) is 6.36. The molecule has 1 aliphatic rings. The Hall–Kier alpha value is -0.410. The lowest BCUT2D eigenvalue weighted by Crippen LogP contribution is -2.25. The van der Waals surface area contributed by atoms with Crippen molar-refractivity contribution in [3.8, 4) is 0 Å². The number of nitrogens with one attached hydrogen (secondary N) is 1. The zero-order chi connectivity index (χ0) is 12.3. The van der Waals surface area contributed by atoms with Gasteiger partial charge >= 0.3 is 0 Å². The summed E-state index contributed by atoms with van der Waals surface area (Å²) in [5, 5.41) is 3.53. The maximum absolute atomic E-state index is 13.7. The monoisotopic (exact) mass is 299 g/mol. The summed E-state index contributed by atoms with van der Waals surface area (Å²) in [6, 6.07) is 6.09. The van der Waals surface area contributed by atoms with Gasteiger partial charge in [-0.3, -0.25) is 0 Å². The number of benzene rings is 1. The van der Waals surface area contributed by atoms with Gasteiger partial charge in [-0.05, 0) is 49.4 Å². The zero-order valence-electron chi connectivity index (χ0n) is 10.2. The fraction of sp³-hybridized carbons (Fsp3) is 0.571. The molecule has 1 unspecified atom stereocenters. The van der Waals surface area contributed by atoms with Gasteiger partial charge in [-0.2, -0.15) is 0 Å². The first kappa shape index (κ1) is 13.0. The van der Waals surface area contributed by atoms with Crippen LogP contribution in [0.25, 0.3) is 0 Å². The van der Waals surface area contributed by atoms with Gasteiger partial charge in [0.2, 0.25) is 0 Å². The molecular weight excluding hydrogens is 281 g/mol. The van der Waals surface area contributed by atoms with Crippen molar-refractivity contribution in [1.82, 2.24) is 5.32 Å². The molecule has 1 aromatic rings. The summed E-state index contributed by atoms with van der Waals surface area (Å²) in [5.74, 6) is 0.440. The lowest BCUT2D eigenvalue weighted by Gasteiger charge is -2.16. The summed E-state index contributed by atoms with van der Waals surface area (Å²) in [6.07, 6.45) is 4.54. The number of hydrogen-bond donors (Lipinski definition) is 1. The Balaban J connectivity index is 1.91. The van der Waals surface area contributed by atoms with Crippen molar-refractivity contribution in [2.75, 3.05) is 6.54 Å². The van der Waals surface area contributed by atoms with Gasteiger partial charge < -0.3 is 5.32 Å². The molecule has 0 amide bonds. The largest absolute Gasteiger partial charge is 0.314 e. The predicted molar refractivity (Wildman–Crippen MR) is 72.6 cm³/mol. The van der Waals surface area contributed by atoms with E-state index in [1.54, 1.807) is 6.07 Å². The molecule has 1 atom stereocenters. The Bertz CT molecular complexity index is 376. The third-order valence-electron chi connectivity index (χ3n) is 3.37. The smallest absolute Gasteiger partial charge is 0.127 e. The minimum absolute atomic E-state index is 0.0933. The first-order chi connectivity index (χ1) is 8.19. The topological polar surface area (TPSA) is 12.0 Å². The van der Waals surface area contributed by atoms with Crippen molar-refractivity contribution in [2.45, 2.75) is 38.6 Å². The van der Waals surface area contributed by atoms with E-state index in [4.69, 9.17) is 0 Å². The van der Waals surface area contributed by atoms with Crippen LogP contribution in [0.5, 0.6) is 0 Å². The maximum Gasteiger partial charge on any atom is 0.127 e. The second-order valence-electron chi connectivity index (χ2n) is 4.90. The van der Waals surface area contributed by atoms with Crippen molar-refractivity contribution in [1.29, 1.82) is 0 Å². The van der Waals surface area contributed by atoms with Crippen molar-refractivity contribution in [2.24, 2.45) is 5.92 Å². The number of hydrogen-bond acceptors (Lipinski definition) is 1. The normalized spacial score (nSPS) is 17.1. The van der Waals surface area contributed by atoms with E-state index in [1.807, 2.05) is 12.1 Å². The summed E-state index contributed by atoms with van der Waals surface area (Å²) in [6.45, 7) is 3.19. The average Bonchev–Trinajstić information content (AvgIpc) is 3.11. The highest BCUT2D eigenvalue weighted by molar-refractivity contribution is 9.10. The molecule has 0 aromatic heterocycles. The van der Waals surface area contributed by atoms with Crippen LogP contribution in [0.4, 0.5) is 4.39 Å². The quantitative estimate of drug-likeness (QED) is 0.840. The summed E-state index contributed by atoms with van der Waals surface area (Å²) < 4.78 is 14.5. The predicted octanol–water partition coefficient (Wildman–Crippen LogP) is 3.91. The van der Waals surface area contributed by atoms with E-state index in [0.29, 0.717) is 5.92 Å². The molecule has 1 nitrogen and oxygen atoms in total. The van der Waals surface area contributed by atoms with Crippen LogP contribution in [0.1, 0.15) is 31.7 Å². The molecule has 1 N–H and O–H groups in total. The molecule has 1 fully saturated rings. The standard InChI is InChI=1S/C14H19BrFN/c1-2-10(9-17-13-5-6-13)7-11-3-4-12(15)8-14(11)16/h3-4,8,10,13,17H,2,5-7,9H2,1H3. The van der Waals surface area contributed by atoms with Gasteiger partial charge in [0.05, 0.1) is 0 Å². The lowest BCUT2D eigenvalue weighted by atomic mass is 9.96. The first-order valence-corrected chi connectivity index (χ1v) is 7.15. The molecule has 1 saturated carbocycles. The molecule has 2 rings (SSSR count). The Kier molecular flexibility index (Phi) is 4.57. The second kappa shape index (κ2) is 5.96. The summed E-state index contributed by atoms with van der Waals surface area (Å²) >= 11 is 3.29. The van der Waals surface area contributed by atoms with Gasteiger partial charge in [-0.15, -0.1) is 0 Å². The van der Waals surface area contributed by atoms with E-state index >= 15 is 0 Å². The van der Waals surface area contributed by atoms with Crippen LogP contribution < -0.4 is 5.32 Å². The SMILES string of the molecule is CCC(CNC1CC1)Cc1ccc(Br)cc1F. The lowest BCUT2D eigenvalue weighted by molar-refractivity contribution is 0.449. The van der Waals surface area contributed by atoms with E-state index in [0.717, 1.165) is 35.5 Å². The van der Waals surface area contributed by atoms with Crippen molar-refractivity contribution >= 4 is 15.9 Å². The van der Waals surface area contributed by atoms with Crippen LogP contribution in [-0.4, -0.2) is 12.6 Å². The molecule has 0 radical (unpaired) electrons. The van der Waals surface area contributed by atoms with Gasteiger partial charge in [-0.25, -0.2) is 4.39 Å². The molecule has 94 valence electrons. The Morgan fingerprint density at radius 2 is 2.24 bits per heavy atom. The van der Waals surface area contributed by atoms with E-state index in [9.17, 15) is 4.39 Å². The third-order valence-corrected chi connectivity index (χ3v) is 3.87. The van der Waals surface area contributed by atoms with E-state index < -0.39 is 0 Å². The molecule has 0 bridgehead atoms. The Morgan fingerprint density at radius 1 is 1.47 bits per heavy atom.